The molecule has 9 heteroatoms. The zero-order chi connectivity index (χ0) is 22.7. The minimum atomic E-state index is -4.12. The van der Waals surface area contributed by atoms with E-state index in [1.165, 1.54) is 37.5 Å². The van der Waals surface area contributed by atoms with Gasteiger partial charge in [0, 0.05) is 0 Å². The molecule has 1 aromatic heterocycles. The van der Waals surface area contributed by atoms with E-state index in [9.17, 15) is 13.7 Å². The van der Waals surface area contributed by atoms with Crippen molar-refractivity contribution >= 4 is 44.5 Å². The van der Waals surface area contributed by atoms with Crippen LogP contribution < -0.4 is 8.92 Å². The van der Waals surface area contributed by atoms with Crippen LogP contribution in [0.2, 0.25) is 5.02 Å². The highest BCUT2D eigenvalue weighted by Crippen LogP contribution is 2.39. The standard InChI is InChI=1S/C23H15ClN2O5S/c1-29-21-13-15(11-16(14-25)23-26-19-9-5-6-10-20(19)30-23)12-18(24)22(21)31-32(27,28)17-7-3-2-4-8-17/h2-13H,1H3/b16-11+. The van der Waals surface area contributed by atoms with Gasteiger partial charge in [-0.3, -0.25) is 0 Å². The molecule has 1 heterocycles. The molecule has 0 saturated heterocycles. The van der Waals surface area contributed by atoms with E-state index < -0.39 is 10.1 Å². The van der Waals surface area contributed by atoms with E-state index in [2.05, 4.69) is 11.1 Å². The molecule has 0 amide bonds. The van der Waals surface area contributed by atoms with E-state index in [1.807, 2.05) is 6.07 Å². The number of hydrogen-bond donors (Lipinski definition) is 0. The second kappa shape index (κ2) is 8.75. The van der Waals surface area contributed by atoms with Gasteiger partial charge in [0.1, 0.15) is 22.1 Å². The predicted molar refractivity (Wildman–Crippen MR) is 120 cm³/mol. The average Bonchev–Trinajstić information content (AvgIpc) is 3.23. The minimum absolute atomic E-state index is 0.00930. The summed E-state index contributed by atoms with van der Waals surface area (Å²) in [6, 6.07) is 19.8. The van der Waals surface area contributed by atoms with Gasteiger partial charge in [0.15, 0.2) is 11.3 Å². The number of hydrogen-bond acceptors (Lipinski definition) is 7. The van der Waals surface area contributed by atoms with Crippen LogP contribution in [0.15, 0.2) is 76.0 Å². The summed E-state index contributed by atoms with van der Waals surface area (Å²) in [6.45, 7) is 0. The molecule has 0 aliphatic heterocycles. The molecule has 4 aromatic rings. The first-order valence-corrected chi connectivity index (χ1v) is 11.0. The van der Waals surface area contributed by atoms with Gasteiger partial charge < -0.3 is 13.3 Å². The largest absolute Gasteiger partial charge is 0.493 e. The first kappa shape index (κ1) is 21.4. The lowest BCUT2D eigenvalue weighted by Crippen LogP contribution is -2.10. The molecule has 0 aliphatic rings. The Kier molecular flexibility index (Phi) is 5.86. The Morgan fingerprint density at radius 3 is 2.53 bits per heavy atom. The molecule has 4 rings (SSSR count). The number of aromatic nitrogens is 1. The Labute approximate surface area is 189 Å². The quantitative estimate of drug-likeness (QED) is 0.280. The summed E-state index contributed by atoms with van der Waals surface area (Å²) in [4.78, 5) is 4.30. The Morgan fingerprint density at radius 2 is 1.84 bits per heavy atom. The second-order valence-electron chi connectivity index (χ2n) is 6.54. The number of para-hydroxylation sites is 2. The average molecular weight is 467 g/mol. The van der Waals surface area contributed by atoms with Crippen LogP contribution in [0.3, 0.4) is 0 Å². The van der Waals surface area contributed by atoms with Crippen LogP contribution in [0, 0.1) is 11.3 Å². The normalized spacial score (nSPS) is 11.8. The summed E-state index contributed by atoms with van der Waals surface area (Å²) in [6.07, 6.45) is 1.51. The van der Waals surface area contributed by atoms with Crippen molar-refractivity contribution in [2.45, 2.75) is 4.90 Å². The molecule has 0 radical (unpaired) electrons. The van der Waals surface area contributed by atoms with Crippen LogP contribution in [0.1, 0.15) is 11.5 Å². The van der Waals surface area contributed by atoms with Crippen molar-refractivity contribution in [1.29, 1.82) is 5.26 Å². The molecule has 0 atom stereocenters. The van der Waals surface area contributed by atoms with Gasteiger partial charge in [0.2, 0.25) is 11.6 Å². The van der Waals surface area contributed by atoms with E-state index in [1.54, 1.807) is 36.4 Å². The lowest BCUT2D eigenvalue weighted by Gasteiger charge is -2.13. The molecule has 0 spiro atoms. The number of oxazole rings is 1. The molecular formula is C23H15ClN2O5S. The Morgan fingerprint density at radius 1 is 1.12 bits per heavy atom. The van der Waals surface area contributed by atoms with Crippen LogP contribution in [0.25, 0.3) is 22.7 Å². The van der Waals surface area contributed by atoms with Crippen molar-refractivity contribution in [1.82, 2.24) is 4.98 Å². The van der Waals surface area contributed by atoms with Crippen LogP contribution in [-0.4, -0.2) is 20.5 Å². The molecule has 0 unspecified atom stereocenters. The number of methoxy groups -OCH3 is 1. The van der Waals surface area contributed by atoms with Gasteiger partial charge in [-0.1, -0.05) is 41.9 Å². The fourth-order valence-corrected chi connectivity index (χ4v) is 4.23. The van der Waals surface area contributed by atoms with Gasteiger partial charge in [-0.15, -0.1) is 0 Å². The topological polar surface area (TPSA) is 102 Å². The fraction of sp³-hybridized carbons (Fsp3) is 0.0435. The molecule has 0 bridgehead atoms. The van der Waals surface area contributed by atoms with Gasteiger partial charge in [-0.05, 0) is 48.0 Å². The number of ether oxygens (including phenoxy) is 1. The molecular weight excluding hydrogens is 452 g/mol. The summed E-state index contributed by atoms with van der Waals surface area (Å²) in [5.41, 5.74) is 1.79. The van der Waals surface area contributed by atoms with Crippen molar-refractivity contribution in [3.8, 4) is 17.6 Å². The Bertz CT molecular complexity index is 1440. The zero-order valence-electron chi connectivity index (χ0n) is 16.7. The van der Waals surface area contributed by atoms with Crippen LogP contribution in [-0.2, 0) is 10.1 Å². The smallest absolute Gasteiger partial charge is 0.339 e. The molecule has 0 saturated carbocycles. The third-order valence-electron chi connectivity index (χ3n) is 4.43. The van der Waals surface area contributed by atoms with Crippen molar-refractivity contribution in [2.24, 2.45) is 0 Å². The highest BCUT2D eigenvalue weighted by Gasteiger charge is 2.22. The van der Waals surface area contributed by atoms with Crippen LogP contribution in [0.5, 0.6) is 11.5 Å². The predicted octanol–water partition coefficient (Wildman–Crippen LogP) is 5.32. The van der Waals surface area contributed by atoms with Crippen LogP contribution >= 0.6 is 11.6 Å². The number of nitriles is 1. The van der Waals surface area contributed by atoms with Gasteiger partial charge in [-0.25, -0.2) is 4.98 Å². The van der Waals surface area contributed by atoms with Gasteiger partial charge >= 0.3 is 10.1 Å². The van der Waals surface area contributed by atoms with E-state index >= 15 is 0 Å². The van der Waals surface area contributed by atoms with E-state index in [0.717, 1.165) is 0 Å². The third kappa shape index (κ3) is 4.30. The molecule has 7 nitrogen and oxygen atoms in total. The van der Waals surface area contributed by atoms with E-state index in [4.69, 9.17) is 24.9 Å². The summed E-state index contributed by atoms with van der Waals surface area (Å²) >= 11 is 6.32. The monoisotopic (exact) mass is 466 g/mol. The maximum atomic E-state index is 12.6. The second-order valence-corrected chi connectivity index (χ2v) is 8.49. The van der Waals surface area contributed by atoms with E-state index in [0.29, 0.717) is 16.7 Å². The number of halogens is 1. The third-order valence-corrected chi connectivity index (χ3v) is 5.95. The fourth-order valence-electron chi connectivity index (χ4n) is 2.94. The molecule has 0 fully saturated rings. The Hall–Kier alpha value is -3.80. The summed E-state index contributed by atoms with van der Waals surface area (Å²) in [7, 11) is -2.77. The van der Waals surface area contributed by atoms with Gasteiger partial charge in [-0.2, -0.15) is 13.7 Å². The van der Waals surface area contributed by atoms with Crippen LogP contribution in [0.4, 0.5) is 0 Å². The van der Waals surface area contributed by atoms with Crippen molar-refractivity contribution in [2.75, 3.05) is 7.11 Å². The van der Waals surface area contributed by atoms with Gasteiger partial charge in [0.25, 0.3) is 0 Å². The first-order valence-electron chi connectivity index (χ1n) is 9.26. The zero-order valence-corrected chi connectivity index (χ0v) is 18.2. The highest BCUT2D eigenvalue weighted by molar-refractivity contribution is 7.87. The lowest BCUT2D eigenvalue weighted by atomic mass is 10.1. The number of allylic oxidation sites excluding steroid dienone is 1. The maximum Gasteiger partial charge on any atom is 0.339 e. The summed E-state index contributed by atoms with van der Waals surface area (Å²) < 4.78 is 41.4. The summed E-state index contributed by atoms with van der Waals surface area (Å²) in [5.74, 6) is 0.0735. The number of benzene rings is 3. The maximum absolute atomic E-state index is 12.6. The highest BCUT2D eigenvalue weighted by atomic mass is 35.5. The summed E-state index contributed by atoms with van der Waals surface area (Å²) in [5, 5.41) is 9.60. The van der Waals surface area contributed by atoms with Crippen molar-refractivity contribution in [3.63, 3.8) is 0 Å². The number of fused-ring (bicyclic) bond motifs is 1. The first-order chi connectivity index (χ1) is 15.4. The minimum Gasteiger partial charge on any atom is -0.493 e. The van der Waals surface area contributed by atoms with Crippen molar-refractivity contribution < 1.29 is 21.8 Å². The molecule has 0 N–H and O–H groups in total. The molecule has 0 aliphatic carbocycles. The molecule has 3 aromatic carbocycles. The Balaban J connectivity index is 1.72. The van der Waals surface area contributed by atoms with E-state index in [-0.39, 0.29) is 32.9 Å². The SMILES string of the molecule is COc1cc(/C=C(\C#N)c2nc3ccccc3o2)cc(Cl)c1OS(=O)(=O)c1ccccc1. The lowest BCUT2D eigenvalue weighted by molar-refractivity contribution is 0.390. The molecule has 32 heavy (non-hydrogen) atoms. The number of nitrogens with zero attached hydrogens (tertiary/aromatic N) is 2. The number of rotatable bonds is 6. The van der Waals surface area contributed by atoms with Gasteiger partial charge in [0.05, 0.1) is 12.1 Å². The van der Waals surface area contributed by atoms with Crippen molar-refractivity contribution in [3.05, 3.63) is 83.2 Å². The molecule has 160 valence electrons.